The van der Waals surface area contributed by atoms with Crippen LogP contribution in [0.5, 0.6) is 0 Å². The van der Waals surface area contributed by atoms with Crippen molar-refractivity contribution in [1.82, 2.24) is 15.1 Å². The Labute approximate surface area is 118 Å². The van der Waals surface area contributed by atoms with Crippen molar-refractivity contribution >= 4 is 15.9 Å². The Bertz CT molecular complexity index is 560. The van der Waals surface area contributed by atoms with Crippen molar-refractivity contribution in [2.45, 2.75) is 19.5 Å². The minimum atomic E-state index is -0.588. The highest BCUT2D eigenvalue weighted by Crippen LogP contribution is 2.28. The number of aromatic nitrogens is 2. The number of halogens is 3. The normalized spacial score (nSPS) is 12.7. The Kier molecular flexibility index (Phi) is 4.31. The Balaban J connectivity index is 2.47. The summed E-state index contributed by atoms with van der Waals surface area (Å²) in [5, 5.41) is 7.05. The number of hydrogen-bond acceptors (Lipinski definition) is 2. The molecule has 1 atom stereocenters. The Morgan fingerprint density at radius 2 is 2.00 bits per heavy atom. The first-order valence-electron chi connectivity index (χ1n) is 5.90. The van der Waals surface area contributed by atoms with E-state index in [1.807, 2.05) is 6.92 Å². The first kappa shape index (κ1) is 14.1. The molecule has 0 saturated carbocycles. The minimum Gasteiger partial charge on any atom is -0.309 e. The molecule has 3 nitrogen and oxygen atoms in total. The summed E-state index contributed by atoms with van der Waals surface area (Å²) in [6.07, 6.45) is 3.40. The molecular weight excluding hydrogens is 316 g/mol. The van der Waals surface area contributed by atoms with E-state index >= 15 is 0 Å². The maximum Gasteiger partial charge on any atom is 0.132 e. The lowest BCUT2D eigenvalue weighted by Crippen LogP contribution is -2.20. The molecular formula is C13H14BrF2N3. The zero-order valence-electron chi connectivity index (χ0n) is 10.6. The van der Waals surface area contributed by atoms with Crippen molar-refractivity contribution in [3.05, 3.63) is 51.8 Å². The molecule has 0 fully saturated rings. The molecule has 19 heavy (non-hydrogen) atoms. The van der Waals surface area contributed by atoms with Crippen LogP contribution in [0.15, 0.2) is 29.0 Å². The lowest BCUT2D eigenvalue weighted by Gasteiger charge is -2.17. The lowest BCUT2D eigenvalue weighted by atomic mass is 10.0. The van der Waals surface area contributed by atoms with Crippen molar-refractivity contribution in [2.24, 2.45) is 0 Å². The standard InChI is InChI=1S/C13H14BrF2N3/c1-3-19-7-8(6-18-19)13(17-2)12-10(15)4-9(14)5-11(12)16/h4-7,13,17H,3H2,1-2H3. The zero-order chi connectivity index (χ0) is 14.0. The molecule has 0 aliphatic rings. The van der Waals surface area contributed by atoms with Gasteiger partial charge in [0.05, 0.1) is 12.2 Å². The van der Waals surface area contributed by atoms with Crippen LogP contribution in [0.4, 0.5) is 8.78 Å². The third-order valence-electron chi connectivity index (χ3n) is 2.93. The predicted molar refractivity (Wildman–Crippen MR) is 72.9 cm³/mol. The van der Waals surface area contributed by atoms with Gasteiger partial charge < -0.3 is 5.32 Å². The van der Waals surface area contributed by atoms with Crippen molar-refractivity contribution in [2.75, 3.05) is 7.05 Å². The van der Waals surface area contributed by atoms with Crippen LogP contribution < -0.4 is 5.32 Å². The van der Waals surface area contributed by atoms with Crippen LogP contribution in [-0.4, -0.2) is 16.8 Å². The molecule has 1 unspecified atom stereocenters. The Morgan fingerprint density at radius 3 is 2.47 bits per heavy atom. The van der Waals surface area contributed by atoms with Gasteiger partial charge in [0, 0.05) is 28.3 Å². The van der Waals surface area contributed by atoms with Gasteiger partial charge in [-0.3, -0.25) is 4.68 Å². The first-order chi connectivity index (χ1) is 9.06. The van der Waals surface area contributed by atoms with Gasteiger partial charge in [0.25, 0.3) is 0 Å². The number of nitrogens with one attached hydrogen (secondary N) is 1. The topological polar surface area (TPSA) is 29.9 Å². The second-order valence-corrected chi connectivity index (χ2v) is 5.05. The minimum absolute atomic E-state index is 0.00125. The van der Waals surface area contributed by atoms with E-state index in [1.165, 1.54) is 12.1 Å². The van der Waals surface area contributed by atoms with E-state index < -0.39 is 17.7 Å². The molecule has 0 saturated heterocycles. The average molecular weight is 330 g/mol. The molecule has 0 aliphatic carbocycles. The zero-order valence-corrected chi connectivity index (χ0v) is 12.2. The van der Waals surface area contributed by atoms with Gasteiger partial charge in [-0.1, -0.05) is 15.9 Å². The largest absolute Gasteiger partial charge is 0.309 e. The number of aryl methyl sites for hydroxylation is 1. The summed E-state index contributed by atoms with van der Waals surface area (Å²) in [4.78, 5) is 0. The fraction of sp³-hybridized carbons (Fsp3) is 0.308. The molecule has 102 valence electrons. The van der Waals surface area contributed by atoms with Gasteiger partial charge >= 0.3 is 0 Å². The Hall–Kier alpha value is -1.27. The highest BCUT2D eigenvalue weighted by atomic mass is 79.9. The van der Waals surface area contributed by atoms with Crippen LogP contribution in [0.3, 0.4) is 0 Å². The highest BCUT2D eigenvalue weighted by Gasteiger charge is 2.22. The smallest absolute Gasteiger partial charge is 0.132 e. The fourth-order valence-electron chi connectivity index (χ4n) is 2.01. The summed E-state index contributed by atoms with van der Waals surface area (Å²) in [5.74, 6) is -1.18. The molecule has 2 aromatic rings. The summed E-state index contributed by atoms with van der Waals surface area (Å²) < 4.78 is 30.1. The van der Waals surface area contributed by atoms with Crippen LogP contribution in [0, 0.1) is 11.6 Å². The monoisotopic (exact) mass is 329 g/mol. The summed E-state index contributed by atoms with van der Waals surface area (Å²) in [5.41, 5.74) is 0.728. The quantitative estimate of drug-likeness (QED) is 0.933. The molecule has 1 N–H and O–H groups in total. The van der Waals surface area contributed by atoms with Gasteiger partial charge in [-0.15, -0.1) is 0 Å². The van der Waals surface area contributed by atoms with Gasteiger partial charge in [0.1, 0.15) is 11.6 Å². The van der Waals surface area contributed by atoms with Gasteiger partial charge in [0.2, 0.25) is 0 Å². The first-order valence-corrected chi connectivity index (χ1v) is 6.70. The summed E-state index contributed by atoms with van der Waals surface area (Å²) in [7, 11) is 1.66. The molecule has 1 aromatic heterocycles. The number of rotatable bonds is 4. The molecule has 0 radical (unpaired) electrons. The summed E-state index contributed by atoms with van der Waals surface area (Å²) in [6, 6.07) is 1.95. The molecule has 0 aliphatic heterocycles. The van der Waals surface area contributed by atoms with E-state index in [9.17, 15) is 8.78 Å². The van der Waals surface area contributed by atoms with Crippen LogP contribution in [-0.2, 0) is 6.54 Å². The van der Waals surface area contributed by atoms with E-state index in [2.05, 4.69) is 26.3 Å². The molecule has 1 aromatic carbocycles. The molecule has 0 amide bonds. The van der Waals surface area contributed by atoms with E-state index in [4.69, 9.17) is 0 Å². The van der Waals surface area contributed by atoms with Gasteiger partial charge in [-0.25, -0.2) is 8.78 Å². The number of benzene rings is 1. The van der Waals surface area contributed by atoms with Crippen molar-refractivity contribution in [1.29, 1.82) is 0 Å². The number of hydrogen-bond donors (Lipinski definition) is 1. The maximum absolute atomic E-state index is 14.0. The second kappa shape index (κ2) is 5.79. The van der Waals surface area contributed by atoms with E-state index in [-0.39, 0.29) is 5.56 Å². The van der Waals surface area contributed by atoms with Crippen molar-refractivity contribution in [3.63, 3.8) is 0 Å². The summed E-state index contributed by atoms with van der Waals surface area (Å²) in [6.45, 7) is 2.66. The lowest BCUT2D eigenvalue weighted by molar-refractivity contribution is 0.520. The van der Waals surface area contributed by atoms with Crippen molar-refractivity contribution in [3.8, 4) is 0 Å². The maximum atomic E-state index is 14.0. The van der Waals surface area contributed by atoms with Crippen LogP contribution >= 0.6 is 15.9 Å². The highest BCUT2D eigenvalue weighted by molar-refractivity contribution is 9.10. The molecule has 0 bridgehead atoms. The van der Waals surface area contributed by atoms with Crippen LogP contribution in [0.25, 0.3) is 0 Å². The molecule has 2 rings (SSSR count). The van der Waals surface area contributed by atoms with E-state index in [0.717, 1.165) is 5.56 Å². The van der Waals surface area contributed by atoms with Gasteiger partial charge in [-0.05, 0) is 26.1 Å². The third kappa shape index (κ3) is 2.84. The molecule has 0 spiro atoms. The number of nitrogens with zero attached hydrogens (tertiary/aromatic N) is 2. The van der Waals surface area contributed by atoms with Crippen LogP contribution in [0.1, 0.15) is 24.1 Å². The molecule has 6 heteroatoms. The Morgan fingerprint density at radius 1 is 1.37 bits per heavy atom. The van der Waals surface area contributed by atoms with Crippen molar-refractivity contribution < 1.29 is 8.78 Å². The molecule has 1 heterocycles. The average Bonchev–Trinajstić information content (AvgIpc) is 2.81. The third-order valence-corrected chi connectivity index (χ3v) is 3.39. The van der Waals surface area contributed by atoms with Crippen LogP contribution in [0.2, 0.25) is 0 Å². The SMILES string of the molecule is CCn1cc(C(NC)c2c(F)cc(Br)cc2F)cn1. The fourth-order valence-corrected chi connectivity index (χ4v) is 2.41. The summed E-state index contributed by atoms with van der Waals surface area (Å²) >= 11 is 3.07. The van der Waals surface area contributed by atoms with E-state index in [1.54, 1.807) is 24.1 Å². The second-order valence-electron chi connectivity index (χ2n) is 4.13. The predicted octanol–water partition coefficient (Wildman–Crippen LogP) is 3.25. The van der Waals surface area contributed by atoms with Gasteiger partial charge in [0.15, 0.2) is 0 Å². The van der Waals surface area contributed by atoms with E-state index in [0.29, 0.717) is 11.0 Å². The van der Waals surface area contributed by atoms with Gasteiger partial charge in [-0.2, -0.15) is 5.10 Å².